The van der Waals surface area contributed by atoms with Gasteiger partial charge in [0.25, 0.3) is 5.56 Å². The van der Waals surface area contributed by atoms with Crippen molar-refractivity contribution in [2.75, 3.05) is 0 Å². The zero-order valence-corrected chi connectivity index (χ0v) is 13.0. The average molecular weight is 309 g/mol. The van der Waals surface area contributed by atoms with E-state index in [-0.39, 0.29) is 5.56 Å². The van der Waals surface area contributed by atoms with Crippen LogP contribution >= 0.6 is 0 Å². The number of nitrogens with zero attached hydrogens (tertiary/aromatic N) is 3. The molecule has 3 rings (SSSR count). The molecule has 118 valence electrons. The monoisotopic (exact) mass is 309 g/mol. The second-order valence-corrected chi connectivity index (χ2v) is 5.56. The fourth-order valence-electron chi connectivity index (χ4n) is 2.78. The summed E-state index contributed by atoms with van der Waals surface area (Å²) in [4.78, 5) is 17.0. The topological polar surface area (TPSA) is 60.0 Å². The van der Waals surface area contributed by atoms with E-state index in [0.717, 1.165) is 10.9 Å². The van der Waals surface area contributed by atoms with Crippen molar-refractivity contribution in [1.29, 1.82) is 0 Å². The standard InChI is InChI=1S/C18H19N3O2/c1-3-6-14(22)12-21-10-9-19-17(21)15-11-13-7-4-5-8-16(13)20(2)18(15)23/h3-5,7-11,14,22H,1,6,12H2,2H3. The molecule has 0 saturated heterocycles. The summed E-state index contributed by atoms with van der Waals surface area (Å²) in [6.45, 7) is 4.00. The Morgan fingerprint density at radius 1 is 1.39 bits per heavy atom. The summed E-state index contributed by atoms with van der Waals surface area (Å²) >= 11 is 0. The number of para-hydroxylation sites is 1. The first-order chi connectivity index (χ1) is 11.1. The molecule has 0 fully saturated rings. The molecule has 23 heavy (non-hydrogen) atoms. The number of hydrogen-bond acceptors (Lipinski definition) is 3. The minimum absolute atomic E-state index is 0.102. The van der Waals surface area contributed by atoms with Crippen LogP contribution in [0.25, 0.3) is 22.3 Å². The van der Waals surface area contributed by atoms with Gasteiger partial charge >= 0.3 is 0 Å². The number of imidazole rings is 1. The number of rotatable bonds is 5. The van der Waals surface area contributed by atoms with Crippen LogP contribution in [0.1, 0.15) is 6.42 Å². The first-order valence-electron chi connectivity index (χ1n) is 7.51. The third kappa shape index (κ3) is 2.83. The predicted molar refractivity (Wildman–Crippen MR) is 91.2 cm³/mol. The minimum atomic E-state index is -0.551. The smallest absolute Gasteiger partial charge is 0.261 e. The maximum Gasteiger partial charge on any atom is 0.261 e. The molecule has 5 heteroatoms. The van der Waals surface area contributed by atoms with Gasteiger partial charge in [-0.25, -0.2) is 4.98 Å². The van der Waals surface area contributed by atoms with Gasteiger partial charge in [-0.1, -0.05) is 24.3 Å². The lowest BCUT2D eigenvalue weighted by atomic mass is 10.1. The molecule has 2 aromatic heterocycles. The number of aromatic nitrogens is 3. The van der Waals surface area contributed by atoms with Gasteiger partial charge in [-0.2, -0.15) is 0 Å². The van der Waals surface area contributed by atoms with Gasteiger partial charge in [0.1, 0.15) is 5.82 Å². The molecule has 1 N–H and O–H groups in total. The lowest BCUT2D eigenvalue weighted by Crippen LogP contribution is -2.22. The number of aliphatic hydroxyl groups is 1. The van der Waals surface area contributed by atoms with Crippen molar-refractivity contribution in [1.82, 2.24) is 14.1 Å². The van der Waals surface area contributed by atoms with Crippen LogP contribution in [0.3, 0.4) is 0 Å². The van der Waals surface area contributed by atoms with E-state index in [9.17, 15) is 9.90 Å². The van der Waals surface area contributed by atoms with Crippen molar-refractivity contribution in [2.45, 2.75) is 19.1 Å². The van der Waals surface area contributed by atoms with Crippen molar-refractivity contribution >= 4 is 10.9 Å². The van der Waals surface area contributed by atoms with Crippen LogP contribution in [0.5, 0.6) is 0 Å². The van der Waals surface area contributed by atoms with Crippen LogP contribution in [-0.2, 0) is 13.6 Å². The van der Waals surface area contributed by atoms with Crippen molar-refractivity contribution in [3.8, 4) is 11.4 Å². The molecule has 1 atom stereocenters. The van der Waals surface area contributed by atoms with Crippen molar-refractivity contribution in [3.05, 3.63) is 65.7 Å². The van der Waals surface area contributed by atoms with Crippen LogP contribution < -0.4 is 5.56 Å². The zero-order valence-electron chi connectivity index (χ0n) is 13.0. The molecular formula is C18H19N3O2. The Morgan fingerprint density at radius 2 is 2.17 bits per heavy atom. The third-order valence-electron chi connectivity index (χ3n) is 3.94. The minimum Gasteiger partial charge on any atom is -0.391 e. The molecular weight excluding hydrogens is 290 g/mol. The first kappa shape index (κ1) is 15.2. The van der Waals surface area contributed by atoms with Crippen LogP contribution in [0, 0.1) is 0 Å². The number of benzene rings is 1. The molecule has 0 bridgehead atoms. The van der Waals surface area contributed by atoms with Gasteiger partial charge in [0.2, 0.25) is 0 Å². The highest BCUT2D eigenvalue weighted by atomic mass is 16.3. The van der Waals surface area contributed by atoms with Gasteiger partial charge in [0.05, 0.1) is 23.7 Å². The second kappa shape index (κ2) is 6.22. The van der Waals surface area contributed by atoms with Crippen LogP contribution in [-0.4, -0.2) is 25.3 Å². The maximum absolute atomic E-state index is 12.7. The fourth-order valence-corrected chi connectivity index (χ4v) is 2.78. The van der Waals surface area contributed by atoms with E-state index in [2.05, 4.69) is 11.6 Å². The van der Waals surface area contributed by atoms with E-state index < -0.39 is 6.10 Å². The molecule has 5 nitrogen and oxygen atoms in total. The Labute approximate surface area is 134 Å². The van der Waals surface area contributed by atoms with Gasteiger partial charge in [0, 0.05) is 19.4 Å². The summed E-state index contributed by atoms with van der Waals surface area (Å²) in [7, 11) is 1.76. The molecule has 0 aliphatic heterocycles. The van der Waals surface area contributed by atoms with Crippen LogP contribution in [0.4, 0.5) is 0 Å². The van der Waals surface area contributed by atoms with Gasteiger partial charge in [-0.05, 0) is 23.9 Å². The second-order valence-electron chi connectivity index (χ2n) is 5.56. The number of pyridine rings is 1. The number of aliphatic hydroxyl groups excluding tert-OH is 1. The Bertz CT molecular complexity index is 908. The van der Waals surface area contributed by atoms with E-state index in [0.29, 0.717) is 24.4 Å². The molecule has 1 unspecified atom stereocenters. The van der Waals surface area contributed by atoms with Crippen molar-refractivity contribution in [2.24, 2.45) is 7.05 Å². The van der Waals surface area contributed by atoms with Gasteiger partial charge in [-0.15, -0.1) is 6.58 Å². The Kier molecular flexibility index (Phi) is 4.12. The van der Waals surface area contributed by atoms with E-state index >= 15 is 0 Å². The Hall–Kier alpha value is -2.66. The fraction of sp³-hybridized carbons (Fsp3) is 0.222. The van der Waals surface area contributed by atoms with Gasteiger partial charge in [0.15, 0.2) is 0 Å². The van der Waals surface area contributed by atoms with E-state index in [1.807, 2.05) is 30.3 Å². The number of hydrogen-bond donors (Lipinski definition) is 1. The third-order valence-corrected chi connectivity index (χ3v) is 3.94. The maximum atomic E-state index is 12.7. The molecule has 0 radical (unpaired) electrons. The molecule has 3 aromatic rings. The van der Waals surface area contributed by atoms with Crippen LogP contribution in [0.2, 0.25) is 0 Å². The van der Waals surface area contributed by atoms with E-state index in [4.69, 9.17) is 0 Å². The van der Waals surface area contributed by atoms with Gasteiger partial charge < -0.3 is 14.2 Å². The Balaban J connectivity index is 2.11. The van der Waals surface area contributed by atoms with E-state index in [1.54, 1.807) is 34.7 Å². The average Bonchev–Trinajstić information content (AvgIpc) is 2.99. The summed E-state index contributed by atoms with van der Waals surface area (Å²) in [5.74, 6) is 0.569. The zero-order chi connectivity index (χ0) is 16.4. The number of fused-ring (bicyclic) bond motifs is 1. The molecule has 0 saturated carbocycles. The quantitative estimate of drug-likeness (QED) is 0.736. The molecule has 0 aliphatic rings. The highest BCUT2D eigenvalue weighted by Crippen LogP contribution is 2.20. The molecule has 0 aliphatic carbocycles. The summed E-state index contributed by atoms with van der Waals surface area (Å²) in [6.07, 6.45) is 5.04. The molecule has 0 amide bonds. The lowest BCUT2D eigenvalue weighted by molar-refractivity contribution is 0.158. The molecule has 1 aromatic carbocycles. The van der Waals surface area contributed by atoms with Crippen LogP contribution in [0.15, 0.2) is 60.2 Å². The van der Waals surface area contributed by atoms with Gasteiger partial charge in [-0.3, -0.25) is 4.79 Å². The Morgan fingerprint density at radius 3 is 2.96 bits per heavy atom. The highest BCUT2D eigenvalue weighted by Gasteiger charge is 2.15. The predicted octanol–water partition coefficient (Wildman–Crippen LogP) is 2.34. The summed E-state index contributed by atoms with van der Waals surface area (Å²) < 4.78 is 3.43. The summed E-state index contributed by atoms with van der Waals surface area (Å²) in [5, 5.41) is 11.0. The first-order valence-corrected chi connectivity index (χ1v) is 7.51. The largest absolute Gasteiger partial charge is 0.391 e. The molecule has 0 spiro atoms. The molecule has 2 heterocycles. The highest BCUT2D eigenvalue weighted by molar-refractivity contribution is 5.83. The lowest BCUT2D eigenvalue weighted by Gasteiger charge is -2.13. The number of aryl methyl sites for hydroxylation is 1. The van der Waals surface area contributed by atoms with Crippen molar-refractivity contribution in [3.63, 3.8) is 0 Å². The normalized spacial score (nSPS) is 12.4. The van der Waals surface area contributed by atoms with Crippen molar-refractivity contribution < 1.29 is 5.11 Å². The summed E-state index contributed by atoms with van der Waals surface area (Å²) in [6, 6.07) is 9.60. The SMILES string of the molecule is C=CCC(O)Cn1ccnc1-c1cc2ccccc2n(C)c1=O. The van der Waals surface area contributed by atoms with E-state index in [1.165, 1.54) is 0 Å². The summed E-state index contributed by atoms with van der Waals surface area (Å²) in [5.41, 5.74) is 1.31.